The Hall–Kier alpha value is -3.05. The summed E-state index contributed by atoms with van der Waals surface area (Å²) in [6.07, 6.45) is 3.24. The van der Waals surface area contributed by atoms with E-state index in [1.807, 2.05) is 4.90 Å². The topological polar surface area (TPSA) is 154 Å². The highest BCUT2D eigenvalue weighted by atomic mass is 32.2. The zero-order chi connectivity index (χ0) is 22.2. The Morgan fingerprint density at radius 3 is 2.48 bits per heavy atom. The minimum atomic E-state index is -3.35. The molecule has 0 spiro atoms. The Labute approximate surface area is 186 Å². The predicted octanol–water partition coefficient (Wildman–Crippen LogP) is 2.87. The highest BCUT2D eigenvalue weighted by Crippen LogP contribution is 2.28. The largest absolute Gasteiger partial charge is 0.401 e. The zero-order valence-corrected chi connectivity index (χ0v) is 18.2. The number of anilines is 2. The van der Waals surface area contributed by atoms with E-state index in [2.05, 4.69) is 20.2 Å². The first-order chi connectivity index (χ1) is 14.8. The molecule has 2 aromatic heterocycles. The normalized spacial score (nSPS) is 15.5. The van der Waals surface area contributed by atoms with Crippen molar-refractivity contribution < 1.29 is 18.5 Å². The van der Waals surface area contributed by atoms with Crippen molar-refractivity contribution in [2.24, 2.45) is 5.73 Å². The molecule has 10 nitrogen and oxygen atoms in total. The van der Waals surface area contributed by atoms with E-state index in [0.29, 0.717) is 17.3 Å². The van der Waals surface area contributed by atoms with Gasteiger partial charge in [0.05, 0.1) is 22.0 Å². The van der Waals surface area contributed by atoms with Gasteiger partial charge in [-0.15, -0.1) is 5.10 Å². The fourth-order valence-electron chi connectivity index (χ4n) is 3.31. The maximum absolute atomic E-state index is 12.3. The summed E-state index contributed by atoms with van der Waals surface area (Å²) in [5.41, 5.74) is 13.5. The van der Waals surface area contributed by atoms with Crippen molar-refractivity contribution in [3.8, 4) is 22.8 Å². The van der Waals surface area contributed by atoms with Crippen molar-refractivity contribution in [1.29, 1.82) is 0 Å². The third-order valence-electron chi connectivity index (χ3n) is 5.33. The minimum Gasteiger partial charge on any atom is -0.401 e. The lowest BCUT2D eigenvalue weighted by molar-refractivity contribution is 0.460. The number of nitrogens with zero attached hydrogens (tertiary/aromatic N) is 5. The Morgan fingerprint density at radius 2 is 1.84 bits per heavy atom. The van der Waals surface area contributed by atoms with Gasteiger partial charge in [0.15, 0.2) is 21.3 Å². The Morgan fingerprint density at radius 1 is 1.16 bits per heavy atom. The number of nitrogen functional groups attached to an aromatic ring is 1. The molecular weight excluding hydrogens is 418 g/mol. The Balaban J connectivity index is 0.00000289. The van der Waals surface area contributed by atoms with E-state index < -0.39 is 15.1 Å². The smallest absolute Gasteiger partial charge is 0.318 e. The average Bonchev–Trinajstić information content (AvgIpc) is 3.24. The van der Waals surface area contributed by atoms with E-state index in [4.69, 9.17) is 15.9 Å². The van der Waals surface area contributed by atoms with E-state index in [-0.39, 0.29) is 34.0 Å². The fraction of sp³-hybridized carbons (Fsp3) is 0.400. The number of hydrogen-bond donors (Lipinski definition) is 2. The van der Waals surface area contributed by atoms with E-state index in [1.54, 1.807) is 38.1 Å². The summed E-state index contributed by atoms with van der Waals surface area (Å²) in [7, 11) is -3.35. The van der Waals surface area contributed by atoms with Gasteiger partial charge in [-0.05, 0) is 38.8 Å². The second-order valence-corrected chi connectivity index (χ2v) is 10.3. The summed E-state index contributed by atoms with van der Waals surface area (Å²) in [5, 5.41) is 7.71. The summed E-state index contributed by atoms with van der Waals surface area (Å²) in [5.74, 6) is 0.342. The number of sulfone groups is 1. The maximum Gasteiger partial charge on any atom is 0.318 e. The van der Waals surface area contributed by atoms with Gasteiger partial charge < -0.3 is 20.8 Å². The molecule has 4 N–H and O–H groups in total. The van der Waals surface area contributed by atoms with Gasteiger partial charge in [0.2, 0.25) is 0 Å². The second-order valence-electron chi connectivity index (χ2n) is 7.82. The van der Waals surface area contributed by atoms with Crippen LogP contribution in [0.2, 0.25) is 0 Å². The molecule has 3 heterocycles. The van der Waals surface area contributed by atoms with Crippen LogP contribution in [0, 0.1) is 0 Å². The lowest BCUT2D eigenvalue weighted by Crippen LogP contribution is -2.39. The van der Waals surface area contributed by atoms with E-state index in [9.17, 15) is 8.42 Å². The maximum atomic E-state index is 12.3. The third kappa shape index (κ3) is 4.23. The number of benzene rings is 1. The molecule has 1 aliphatic rings. The molecule has 0 bridgehead atoms. The Kier molecular flexibility index (Phi) is 5.63. The second kappa shape index (κ2) is 8.23. The molecule has 0 unspecified atom stereocenters. The van der Waals surface area contributed by atoms with Gasteiger partial charge in [-0.2, -0.15) is 0 Å². The number of nitrogens with two attached hydrogens (primary N) is 2. The molecule has 3 aromatic rings. The van der Waals surface area contributed by atoms with Crippen LogP contribution in [-0.2, 0) is 9.84 Å². The quantitative estimate of drug-likeness (QED) is 0.591. The molecule has 0 amide bonds. The molecule has 11 heteroatoms. The summed E-state index contributed by atoms with van der Waals surface area (Å²) in [6, 6.07) is 7.10. The minimum absolute atomic E-state index is 0. The number of aromatic nitrogens is 4. The van der Waals surface area contributed by atoms with Crippen LogP contribution in [-0.4, -0.2) is 53.0 Å². The predicted molar refractivity (Wildman–Crippen MR) is 125 cm³/mol. The van der Waals surface area contributed by atoms with Crippen molar-refractivity contribution in [2.75, 3.05) is 23.7 Å². The summed E-state index contributed by atoms with van der Waals surface area (Å²) in [6.45, 7) is 4.79. The first kappa shape index (κ1) is 21.2. The third-order valence-corrected chi connectivity index (χ3v) is 7.50. The van der Waals surface area contributed by atoms with Crippen molar-refractivity contribution in [2.45, 2.75) is 42.9 Å². The van der Waals surface area contributed by atoms with Crippen LogP contribution in [0.5, 0.6) is 0 Å². The van der Waals surface area contributed by atoms with Crippen LogP contribution in [0.1, 0.15) is 32.4 Å². The lowest BCUT2D eigenvalue weighted by atomic mass is 10.1. The molecule has 0 radical (unpaired) electrons. The summed E-state index contributed by atoms with van der Waals surface area (Å²) >= 11 is 0. The molecule has 0 aliphatic carbocycles. The van der Waals surface area contributed by atoms with Gasteiger partial charge in [0, 0.05) is 30.4 Å². The van der Waals surface area contributed by atoms with Crippen LogP contribution in [0.3, 0.4) is 0 Å². The molecule has 1 fully saturated rings. The van der Waals surface area contributed by atoms with Gasteiger partial charge in [-0.1, -0.05) is 17.2 Å². The van der Waals surface area contributed by atoms with Gasteiger partial charge in [0.1, 0.15) is 0 Å². The van der Waals surface area contributed by atoms with Crippen molar-refractivity contribution in [1.82, 2.24) is 20.2 Å². The molecule has 4 rings (SSSR count). The van der Waals surface area contributed by atoms with Crippen LogP contribution in [0.15, 0.2) is 39.8 Å². The van der Waals surface area contributed by atoms with Gasteiger partial charge >= 0.3 is 6.01 Å². The van der Waals surface area contributed by atoms with E-state index >= 15 is 0 Å². The standard InChI is InChI=1S/C20H25N7O3S.4H2/c1-12(2)31(28,29)15-5-3-13(4-6-15)16-11-23-18(22)17(24-16)19-25-26-20(30-19)27-9-7-14(21)8-10-27;;;;/h3-6,11-12,14H,7-10,21H2,1-2H3,(H2,22,23);4*1H. The van der Waals surface area contributed by atoms with Gasteiger partial charge in [-0.3, -0.25) is 0 Å². The highest BCUT2D eigenvalue weighted by Gasteiger charge is 2.23. The fourth-order valence-corrected chi connectivity index (χ4v) is 4.37. The zero-order valence-electron chi connectivity index (χ0n) is 17.4. The van der Waals surface area contributed by atoms with E-state index in [0.717, 1.165) is 25.9 Å². The Bertz CT molecular complexity index is 1190. The van der Waals surface area contributed by atoms with Crippen molar-refractivity contribution >= 4 is 21.7 Å². The molecular formula is C20H33N7O3S. The van der Waals surface area contributed by atoms with Crippen LogP contribution in [0.25, 0.3) is 22.8 Å². The van der Waals surface area contributed by atoms with Gasteiger partial charge in [-0.25, -0.2) is 18.4 Å². The van der Waals surface area contributed by atoms with E-state index in [1.165, 1.54) is 6.20 Å². The van der Waals surface area contributed by atoms with Crippen LogP contribution < -0.4 is 16.4 Å². The van der Waals surface area contributed by atoms with Crippen molar-refractivity contribution in [3.63, 3.8) is 0 Å². The monoisotopic (exact) mass is 451 g/mol. The first-order valence-electron chi connectivity index (χ1n) is 10.1. The summed E-state index contributed by atoms with van der Waals surface area (Å²) < 4.78 is 30.5. The average molecular weight is 452 g/mol. The lowest BCUT2D eigenvalue weighted by Gasteiger charge is -2.28. The van der Waals surface area contributed by atoms with Gasteiger partial charge in [0.25, 0.3) is 5.89 Å². The van der Waals surface area contributed by atoms with Crippen molar-refractivity contribution in [3.05, 3.63) is 30.5 Å². The number of hydrogen-bond acceptors (Lipinski definition) is 10. The molecule has 1 aliphatic heterocycles. The highest BCUT2D eigenvalue weighted by molar-refractivity contribution is 7.92. The molecule has 0 atom stereocenters. The number of rotatable bonds is 5. The van der Waals surface area contributed by atoms with Crippen LogP contribution in [0.4, 0.5) is 11.8 Å². The molecule has 0 saturated carbocycles. The number of piperidine rings is 1. The molecule has 31 heavy (non-hydrogen) atoms. The molecule has 1 saturated heterocycles. The molecule has 172 valence electrons. The molecule has 1 aromatic carbocycles. The first-order valence-corrected chi connectivity index (χ1v) is 11.6. The van der Waals surface area contributed by atoms with Crippen LogP contribution >= 0.6 is 0 Å². The SMILES string of the molecule is CC(C)S(=O)(=O)c1ccc(-c2cnc(N)c(-c3nnc(N4CCC(N)CC4)o3)n2)cc1.[HH].[HH].[HH].[HH]. The summed E-state index contributed by atoms with van der Waals surface area (Å²) in [4.78, 5) is 11.0.